The van der Waals surface area contributed by atoms with E-state index in [2.05, 4.69) is 0 Å². The highest BCUT2D eigenvalue weighted by Gasteiger charge is 2.26. The molecule has 9 heavy (non-hydrogen) atoms. The summed E-state index contributed by atoms with van der Waals surface area (Å²) in [5.41, 5.74) is 4.40. The first kappa shape index (κ1) is 8.88. The van der Waals surface area contributed by atoms with Crippen molar-refractivity contribution in [1.82, 2.24) is 0 Å². The van der Waals surface area contributed by atoms with E-state index in [1.807, 2.05) is 0 Å². The summed E-state index contributed by atoms with van der Waals surface area (Å²) in [5, 5.41) is 18.0. The van der Waals surface area contributed by atoms with Crippen molar-refractivity contribution < 1.29 is 10.2 Å². The Hall–Kier alpha value is -0.120. The van der Waals surface area contributed by atoms with Gasteiger partial charge in [0, 0.05) is 0 Å². The van der Waals surface area contributed by atoms with Crippen LogP contribution in [0.1, 0.15) is 20.8 Å². The Morgan fingerprint density at radius 3 is 1.78 bits per heavy atom. The molecule has 0 heterocycles. The van der Waals surface area contributed by atoms with Crippen LogP contribution in [0.25, 0.3) is 0 Å². The van der Waals surface area contributed by atoms with Crippen molar-refractivity contribution in [3.63, 3.8) is 0 Å². The largest absolute Gasteiger partial charge is 0.392 e. The molecule has 3 nitrogen and oxygen atoms in total. The van der Waals surface area contributed by atoms with Gasteiger partial charge < -0.3 is 15.9 Å². The summed E-state index contributed by atoms with van der Waals surface area (Å²) in [6, 6.07) is -0.572. The van der Waals surface area contributed by atoms with Gasteiger partial charge in [0.15, 0.2) is 0 Å². The molecule has 0 aromatic heterocycles. The van der Waals surface area contributed by atoms with Crippen molar-refractivity contribution in [2.75, 3.05) is 0 Å². The zero-order valence-corrected chi connectivity index (χ0v) is 6.13. The molecule has 0 unspecified atom stereocenters. The maximum Gasteiger partial charge on any atom is 0.0767 e. The van der Waals surface area contributed by atoms with Crippen LogP contribution in [0.3, 0.4) is 0 Å². The van der Waals surface area contributed by atoms with E-state index in [4.69, 9.17) is 10.8 Å². The van der Waals surface area contributed by atoms with Crippen LogP contribution in [0.2, 0.25) is 0 Å². The van der Waals surface area contributed by atoms with Crippen LogP contribution in [0, 0.1) is 0 Å². The fourth-order valence-corrected chi connectivity index (χ4v) is 0.590. The molecular formula is C6H15NO2. The second-order valence-corrected chi connectivity index (χ2v) is 2.92. The second kappa shape index (κ2) is 2.64. The van der Waals surface area contributed by atoms with Crippen LogP contribution in [0.4, 0.5) is 0 Å². The minimum Gasteiger partial charge on any atom is -0.392 e. The minimum atomic E-state index is -0.992. The number of aliphatic hydroxyl groups excluding tert-OH is 1. The maximum atomic E-state index is 9.17. The molecule has 0 aliphatic heterocycles. The van der Waals surface area contributed by atoms with Crippen LogP contribution in [-0.2, 0) is 0 Å². The third kappa shape index (κ3) is 2.79. The zero-order chi connectivity index (χ0) is 7.65. The van der Waals surface area contributed by atoms with Gasteiger partial charge in [-0.3, -0.25) is 0 Å². The quantitative estimate of drug-likeness (QED) is 0.474. The van der Waals surface area contributed by atoms with E-state index in [1.54, 1.807) is 20.8 Å². The fourth-order valence-electron chi connectivity index (χ4n) is 0.590. The van der Waals surface area contributed by atoms with E-state index in [9.17, 15) is 5.11 Å². The highest BCUT2D eigenvalue weighted by molar-refractivity contribution is 4.84. The van der Waals surface area contributed by atoms with E-state index >= 15 is 0 Å². The Morgan fingerprint density at radius 2 is 1.78 bits per heavy atom. The summed E-state index contributed by atoms with van der Waals surface area (Å²) in [6.07, 6.45) is -0.662. The molecule has 0 saturated carbocycles. The third-order valence-electron chi connectivity index (χ3n) is 1.34. The monoisotopic (exact) mass is 133 g/mol. The van der Waals surface area contributed by atoms with Crippen molar-refractivity contribution in [3.8, 4) is 0 Å². The molecule has 0 fully saturated rings. The summed E-state index contributed by atoms with van der Waals surface area (Å²) < 4.78 is 0. The SMILES string of the molecule is C[C@H](O)[C@H](N)C(C)(C)O. The lowest BCUT2D eigenvalue weighted by Gasteiger charge is -2.27. The molecule has 0 spiro atoms. The lowest BCUT2D eigenvalue weighted by Crippen LogP contribution is -2.49. The normalized spacial score (nSPS) is 19.3. The van der Waals surface area contributed by atoms with Crippen LogP contribution in [-0.4, -0.2) is 28.0 Å². The average Bonchev–Trinajstić information content (AvgIpc) is 1.62. The van der Waals surface area contributed by atoms with Gasteiger partial charge in [-0.05, 0) is 20.8 Å². The third-order valence-corrected chi connectivity index (χ3v) is 1.34. The first-order valence-corrected chi connectivity index (χ1v) is 3.01. The predicted molar refractivity (Wildman–Crippen MR) is 36.0 cm³/mol. The smallest absolute Gasteiger partial charge is 0.0767 e. The van der Waals surface area contributed by atoms with Gasteiger partial charge in [-0.2, -0.15) is 0 Å². The van der Waals surface area contributed by atoms with E-state index in [1.165, 1.54) is 0 Å². The van der Waals surface area contributed by atoms with Crippen molar-refractivity contribution >= 4 is 0 Å². The summed E-state index contributed by atoms with van der Waals surface area (Å²) >= 11 is 0. The zero-order valence-electron chi connectivity index (χ0n) is 6.13. The van der Waals surface area contributed by atoms with Gasteiger partial charge in [-0.15, -0.1) is 0 Å². The number of hydrogen-bond donors (Lipinski definition) is 3. The first-order chi connectivity index (χ1) is 3.85. The maximum absolute atomic E-state index is 9.17. The number of rotatable bonds is 2. The van der Waals surface area contributed by atoms with Crippen LogP contribution >= 0.6 is 0 Å². The number of nitrogens with two attached hydrogens (primary N) is 1. The topological polar surface area (TPSA) is 66.5 Å². The Bertz CT molecular complexity index is 85.5. The van der Waals surface area contributed by atoms with Gasteiger partial charge in [0.25, 0.3) is 0 Å². The summed E-state index contributed by atoms with van der Waals surface area (Å²) in [5.74, 6) is 0. The van der Waals surface area contributed by atoms with Crippen molar-refractivity contribution in [3.05, 3.63) is 0 Å². The van der Waals surface area contributed by atoms with Gasteiger partial charge >= 0.3 is 0 Å². The standard InChI is InChI=1S/C6H15NO2/c1-4(8)5(7)6(2,3)9/h4-5,8-9H,7H2,1-3H3/t4-,5-/m0/s1. The Balaban J connectivity index is 3.88. The Morgan fingerprint density at radius 1 is 1.44 bits per heavy atom. The van der Waals surface area contributed by atoms with Crippen LogP contribution in [0.15, 0.2) is 0 Å². The summed E-state index contributed by atoms with van der Waals surface area (Å²) in [6.45, 7) is 4.71. The molecule has 0 aliphatic carbocycles. The Kier molecular flexibility index (Phi) is 2.61. The van der Waals surface area contributed by atoms with Crippen LogP contribution < -0.4 is 5.73 Å². The van der Waals surface area contributed by atoms with Crippen molar-refractivity contribution in [2.45, 2.75) is 38.5 Å². The molecule has 2 atom stereocenters. The van der Waals surface area contributed by atoms with Gasteiger partial charge in [-0.1, -0.05) is 0 Å². The average molecular weight is 133 g/mol. The van der Waals surface area contributed by atoms with Crippen molar-refractivity contribution in [1.29, 1.82) is 0 Å². The fraction of sp³-hybridized carbons (Fsp3) is 1.00. The molecule has 0 saturated heterocycles. The highest BCUT2D eigenvalue weighted by Crippen LogP contribution is 2.08. The summed E-state index contributed by atoms with van der Waals surface area (Å²) in [4.78, 5) is 0. The first-order valence-electron chi connectivity index (χ1n) is 3.01. The molecule has 0 aromatic carbocycles. The lowest BCUT2D eigenvalue weighted by molar-refractivity contribution is 0.00172. The van der Waals surface area contributed by atoms with Gasteiger partial charge in [0.2, 0.25) is 0 Å². The van der Waals surface area contributed by atoms with Crippen LogP contribution in [0.5, 0.6) is 0 Å². The molecule has 56 valence electrons. The molecule has 0 radical (unpaired) electrons. The summed E-state index contributed by atoms with van der Waals surface area (Å²) in [7, 11) is 0. The van der Waals surface area contributed by atoms with E-state index in [0.717, 1.165) is 0 Å². The second-order valence-electron chi connectivity index (χ2n) is 2.92. The number of hydrogen-bond acceptors (Lipinski definition) is 3. The molecule has 0 aliphatic rings. The van der Waals surface area contributed by atoms with Gasteiger partial charge in [-0.25, -0.2) is 0 Å². The highest BCUT2D eigenvalue weighted by atomic mass is 16.3. The molecule has 0 aromatic rings. The molecule has 0 bridgehead atoms. The van der Waals surface area contributed by atoms with E-state index < -0.39 is 17.7 Å². The molecular weight excluding hydrogens is 118 g/mol. The molecule has 4 N–H and O–H groups in total. The minimum absolute atomic E-state index is 0.572. The van der Waals surface area contributed by atoms with Gasteiger partial charge in [0.1, 0.15) is 0 Å². The molecule has 0 amide bonds. The van der Waals surface area contributed by atoms with E-state index in [-0.39, 0.29) is 0 Å². The van der Waals surface area contributed by atoms with E-state index in [0.29, 0.717) is 0 Å². The number of aliphatic hydroxyl groups is 2. The molecule has 0 rings (SSSR count). The predicted octanol–water partition coefficient (Wildman–Crippen LogP) is -0.535. The lowest BCUT2D eigenvalue weighted by atomic mass is 9.96. The van der Waals surface area contributed by atoms with Crippen molar-refractivity contribution in [2.24, 2.45) is 5.73 Å². The van der Waals surface area contributed by atoms with Gasteiger partial charge in [0.05, 0.1) is 17.7 Å². The Labute approximate surface area is 55.5 Å². The molecule has 3 heteroatoms.